The summed E-state index contributed by atoms with van der Waals surface area (Å²) in [5, 5.41) is 3.75. The van der Waals surface area contributed by atoms with Gasteiger partial charge in [0, 0.05) is 6.04 Å². The van der Waals surface area contributed by atoms with Crippen LogP contribution in [0.3, 0.4) is 0 Å². The molecule has 0 aromatic heterocycles. The Labute approximate surface area is 153 Å². The van der Waals surface area contributed by atoms with Crippen molar-refractivity contribution in [2.24, 2.45) is 11.8 Å². The maximum atomic E-state index is 6.29. The van der Waals surface area contributed by atoms with Crippen molar-refractivity contribution < 1.29 is 14.2 Å². The molecule has 0 aliphatic carbocycles. The van der Waals surface area contributed by atoms with Crippen LogP contribution in [-0.4, -0.2) is 39.0 Å². The molecule has 142 valence electrons. The molecule has 2 atom stereocenters. The highest BCUT2D eigenvalue weighted by molar-refractivity contribution is 5.42. The Morgan fingerprint density at radius 1 is 1.00 bits per heavy atom. The van der Waals surface area contributed by atoms with E-state index in [-0.39, 0.29) is 0 Å². The number of ether oxygens (including phenoxy) is 3. The Kier molecular flexibility index (Phi) is 7.57. The van der Waals surface area contributed by atoms with E-state index in [2.05, 4.69) is 45.1 Å². The molecule has 4 nitrogen and oxygen atoms in total. The van der Waals surface area contributed by atoms with Crippen LogP contribution in [0.5, 0.6) is 11.5 Å². The molecule has 2 unspecified atom stereocenters. The molecule has 2 rings (SSSR count). The van der Waals surface area contributed by atoms with Gasteiger partial charge in [-0.05, 0) is 55.3 Å². The number of benzene rings is 1. The van der Waals surface area contributed by atoms with E-state index < -0.39 is 0 Å². The fourth-order valence-electron chi connectivity index (χ4n) is 3.47. The number of hydrogen-bond donors (Lipinski definition) is 1. The molecular weight excluding hydrogens is 314 g/mol. The van der Waals surface area contributed by atoms with E-state index in [0.29, 0.717) is 30.1 Å². The van der Waals surface area contributed by atoms with Crippen LogP contribution in [0.25, 0.3) is 0 Å². The largest absolute Gasteiger partial charge is 0.493 e. The monoisotopic (exact) mass is 349 g/mol. The third-order valence-electron chi connectivity index (χ3n) is 5.17. The Bertz CT molecular complexity index is 514. The molecule has 1 saturated heterocycles. The lowest BCUT2D eigenvalue weighted by Crippen LogP contribution is -2.46. The lowest BCUT2D eigenvalue weighted by molar-refractivity contribution is -0.0992. The highest BCUT2D eigenvalue weighted by atomic mass is 16.5. The molecule has 0 saturated carbocycles. The first kappa shape index (κ1) is 20.1. The topological polar surface area (TPSA) is 39.7 Å². The second-order valence-corrected chi connectivity index (χ2v) is 7.76. The third kappa shape index (κ3) is 5.61. The normalized spacial score (nSPS) is 23.9. The summed E-state index contributed by atoms with van der Waals surface area (Å²) >= 11 is 0. The predicted molar refractivity (Wildman–Crippen MR) is 103 cm³/mol. The summed E-state index contributed by atoms with van der Waals surface area (Å²) in [6.07, 6.45) is 3.91. The minimum absolute atomic E-state index is 0.361. The second kappa shape index (κ2) is 9.44. The fourth-order valence-corrected chi connectivity index (χ4v) is 3.47. The SMILES string of the molecule is COc1ccc(CCNC2CC(C(C)C)OC(C(C)C)C2)cc1OC. The zero-order chi connectivity index (χ0) is 18.4. The first-order valence-electron chi connectivity index (χ1n) is 9.54. The second-order valence-electron chi connectivity index (χ2n) is 7.76. The van der Waals surface area contributed by atoms with Crippen LogP contribution in [0.2, 0.25) is 0 Å². The molecule has 0 spiro atoms. The van der Waals surface area contributed by atoms with Crippen LogP contribution in [0.15, 0.2) is 18.2 Å². The quantitative estimate of drug-likeness (QED) is 0.768. The average molecular weight is 350 g/mol. The third-order valence-corrected chi connectivity index (χ3v) is 5.17. The van der Waals surface area contributed by atoms with Crippen LogP contribution >= 0.6 is 0 Å². The van der Waals surface area contributed by atoms with Crippen molar-refractivity contribution in [1.29, 1.82) is 0 Å². The van der Waals surface area contributed by atoms with Crippen molar-refractivity contribution in [2.45, 2.75) is 65.2 Å². The summed E-state index contributed by atoms with van der Waals surface area (Å²) in [7, 11) is 3.35. The van der Waals surface area contributed by atoms with Crippen LogP contribution in [0.1, 0.15) is 46.1 Å². The summed E-state index contributed by atoms with van der Waals surface area (Å²) in [6, 6.07) is 6.69. The Hall–Kier alpha value is -1.26. The van der Waals surface area contributed by atoms with Gasteiger partial charge >= 0.3 is 0 Å². The Morgan fingerprint density at radius 2 is 1.60 bits per heavy atom. The van der Waals surface area contributed by atoms with Gasteiger partial charge in [0.05, 0.1) is 26.4 Å². The van der Waals surface area contributed by atoms with E-state index in [1.165, 1.54) is 5.56 Å². The van der Waals surface area contributed by atoms with Gasteiger partial charge in [-0.25, -0.2) is 0 Å². The Morgan fingerprint density at radius 3 is 2.12 bits per heavy atom. The molecule has 0 radical (unpaired) electrons. The zero-order valence-electron chi connectivity index (χ0n) is 16.7. The molecule has 1 heterocycles. The molecule has 1 aliphatic rings. The molecular formula is C21H35NO3. The van der Waals surface area contributed by atoms with Crippen LogP contribution in [0.4, 0.5) is 0 Å². The maximum absolute atomic E-state index is 6.29. The highest BCUT2D eigenvalue weighted by Gasteiger charge is 2.32. The molecule has 0 amide bonds. The summed E-state index contributed by atoms with van der Waals surface area (Å²) in [5.41, 5.74) is 1.26. The van der Waals surface area contributed by atoms with Gasteiger partial charge in [-0.2, -0.15) is 0 Å². The minimum atomic E-state index is 0.361. The predicted octanol–water partition coefficient (Wildman–Crippen LogP) is 4.06. The van der Waals surface area contributed by atoms with Crippen LogP contribution in [-0.2, 0) is 11.2 Å². The molecule has 1 aromatic rings. The van der Waals surface area contributed by atoms with Crippen molar-refractivity contribution in [2.75, 3.05) is 20.8 Å². The molecule has 1 aliphatic heterocycles. The van der Waals surface area contributed by atoms with Crippen LogP contribution < -0.4 is 14.8 Å². The summed E-state index contributed by atoms with van der Waals surface area (Å²) < 4.78 is 17.0. The molecule has 1 fully saturated rings. The lowest BCUT2D eigenvalue weighted by atomic mass is 9.88. The average Bonchev–Trinajstić information content (AvgIpc) is 2.61. The highest BCUT2D eigenvalue weighted by Crippen LogP contribution is 2.29. The zero-order valence-corrected chi connectivity index (χ0v) is 16.7. The first-order valence-corrected chi connectivity index (χ1v) is 9.54. The van der Waals surface area contributed by atoms with E-state index in [0.717, 1.165) is 37.3 Å². The molecule has 1 N–H and O–H groups in total. The smallest absolute Gasteiger partial charge is 0.160 e. The summed E-state index contributed by atoms with van der Waals surface area (Å²) in [5.74, 6) is 2.71. The van der Waals surface area contributed by atoms with Gasteiger partial charge in [-0.15, -0.1) is 0 Å². The van der Waals surface area contributed by atoms with E-state index in [1.807, 2.05) is 6.07 Å². The van der Waals surface area contributed by atoms with E-state index in [4.69, 9.17) is 14.2 Å². The van der Waals surface area contributed by atoms with Gasteiger partial charge in [0.15, 0.2) is 11.5 Å². The van der Waals surface area contributed by atoms with E-state index in [1.54, 1.807) is 14.2 Å². The number of hydrogen-bond acceptors (Lipinski definition) is 4. The summed E-state index contributed by atoms with van der Waals surface area (Å²) in [6.45, 7) is 10.0. The van der Waals surface area contributed by atoms with Gasteiger partial charge < -0.3 is 19.5 Å². The molecule has 4 heteroatoms. The van der Waals surface area contributed by atoms with Crippen molar-refractivity contribution in [3.8, 4) is 11.5 Å². The number of nitrogens with one attached hydrogen (secondary N) is 1. The van der Waals surface area contributed by atoms with E-state index >= 15 is 0 Å². The van der Waals surface area contributed by atoms with Crippen molar-refractivity contribution in [3.05, 3.63) is 23.8 Å². The maximum Gasteiger partial charge on any atom is 0.160 e. The number of rotatable bonds is 8. The van der Waals surface area contributed by atoms with Gasteiger partial charge in [0.25, 0.3) is 0 Å². The van der Waals surface area contributed by atoms with Crippen molar-refractivity contribution in [3.63, 3.8) is 0 Å². The van der Waals surface area contributed by atoms with Crippen molar-refractivity contribution >= 4 is 0 Å². The molecule has 25 heavy (non-hydrogen) atoms. The van der Waals surface area contributed by atoms with Gasteiger partial charge in [0.2, 0.25) is 0 Å². The molecule has 0 bridgehead atoms. The van der Waals surface area contributed by atoms with Crippen LogP contribution in [0, 0.1) is 11.8 Å². The fraction of sp³-hybridized carbons (Fsp3) is 0.714. The number of methoxy groups -OCH3 is 2. The van der Waals surface area contributed by atoms with E-state index in [9.17, 15) is 0 Å². The first-order chi connectivity index (χ1) is 11.9. The van der Waals surface area contributed by atoms with Gasteiger partial charge in [-0.3, -0.25) is 0 Å². The lowest BCUT2D eigenvalue weighted by Gasteiger charge is -2.39. The van der Waals surface area contributed by atoms with Gasteiger partial charge in [0.1, 0.15) is 0 Å². The summed E-state index contributed by atoms with van der Waals surface area (Å²) in [4.78, 5) is 0. The Balaban J connectivity index is 1.89. The minimum Gasteiger partial charge on any atom is -0.493 e. The van der Waals surface area contributed by atoms with Crippen molar-refractivity contribution in [1.82, 2.24) is 5.32 Å². The van der Waals surface area contributed by atoms with Gasteiger partial charge in [-0.1, -0.05) is 33.8 Å². The standard InChI is InChI=1S/C21H35NO3/c1-14(2)19-12-17(13-20(25-19)15(3)4)22-10-9-16-7-8-18(23-5)21(11-16)24-6/h7-8,11,14-15,17,19-20,22H,9-10,12-13H2,1-6H3. The molecule has 1 aromatic carbocycles.